The lowest BCUT2D eigenvalue weighted by molar-refractivity contribution is 0.471. The first kappa shape index (κ1) is 13.4. The average molecular weight is 330 g/mol. The van der Waals surface area contributed by atoms with E-state index in [2.05, 4.69) is 21.0 Å². The molecule has 5 heteroatoms. The third-order valence-corrected chi connectivity index (χ3v) is 3.73. The maximum absolute atomic E-state index is 5.92. The SMILES string of the molecule is Cc1nn(C)c(C)c1Oc1ccc(CCl)cc1Br. The van der Waals surface area contributed by atoms with Crippen molar-refractivity contribution in [3.63, 3.8) is 0 Å². The van der Waals surface area contributed by atoms with Gasteiger partial charge < -0.3 is 4.74 Å². The Morgan fingerprint density at radius 2 is 2.11 bits per heavy atom. The van der Waals surface area contributed by atoms with Crippen molar-refractivity contribution in [2.24, 2.45) is 7.05 Å². The molecule has 0 atom stereocenters. The number of aryl methyl sites for hydroxylation is 2. The summed E-state index contributed by atoms with van der Waals surface area (Å²) in [6, 6.07) is 5.82. The first-order valence-corrected chi connectivity index (χ1v) is 6.88. The van der Waals surface area contributed by atoms with Gasteiger partial charge in [0, 0.05) is 12.9 Å². The Labute approximate surface area is 120 Å². The molecule has 2 aromatic rings. The second kappa shape index (κ2) is 5.33. The third-order valence-electron chi connectivity index (χ3n) is 2.81. The Balaban J connectivity index is 2.34. The van der Waals surface area contributed by atoms with Gasteiger partial charge in [0.1, 0.15) is 11.4 Å². The van der Waals surface area contributed by atoms with Gasteiger partial charge in [-0.1, -0.05) is 6.07 Å². The standard InChI is InChI=1S/C13H14BrClN2O/c1-8-13(9(2)17(3)16-8)18-12-5-4-10(7-15)6-11(12)14/h4-6H,7H2,1-3H3. The zero-order valence-electron chi connectivity index (χ0n) is 10.5. The number of alkyl halides is 1. The molecule has 96 valence electrons. The van der Waals surface area contributed by atoms with Crippen molar-refractivity contribution in [1.29, 1.82) is 0 Å². The molecule has 0 aliphatic carbocycles. The lowest BCUT2D eigenvalue weighted by atomic mass is 10.2. The molecule has 0 bridgehead atoms. The Morgan fingerprint density at radius 1 is 1.39 bits per heavy atom. The number of benzene rings is 1. The third kappa shape index (κ3) is 2.54. The Morgan fingerprint density at radius 3 is 2.61 bits per heavy atom. The van der Waals surface area contributed by atoms with Crippen LogP contribution in [0.5, 0.6) is 11.5 Å². The Bertz CT molecular complexity index is 581. The van der Waals surface area contributed by atoms with E-state index in [1.807, 2.05) is 43.8 Å². The van der Waals surface area contributed by atoms with Crippen LogP contribution in [0.2, 0.25) is 0 Å². The maximum Gasteiger partial charge on any atom is 0.171 e. The summed E-state index contributed by atoms with van der Waals surface area (Å²) < 4.78 is 8.62. The molecule has 0 spiro atoms. The predicted octanol–water partition coefficient (Wildman–Crippen LogP) is 4.33. The van der Waals surface area contributed by atoms with Gasteiger partial charge in [-0.15, -0.1) is 11.6 Å². The smallest absolute Gasteiger partial charge is 0.171 e. The van der Waals surface area contributed by atoms with Gasteiger partial charge in [-0.3, -0.25) is 4.68 Å². The molecule has 0 N–H and O–H groups in total. The van der Waals surface area contributed by atoms with Crippen molar-refractivity contribution in [1.82, 2.24) is 9.78 Å². The molecule has 0 saturated carbocycles. The summed E-state index contributed by atoms with van der Waals surface area (Å²) in [6.45, 7) is 3.92. The summed E-state index contributed by atoms with van der Waals surface area (Å²) in [5.74, 6) is 2.06. The quantitative estimate of drug-likeness (QED) is 0.784. The van der Waals surface area contributed by atoms with Crippen LogP contribution in [0, 0.1) is 13.8 Å². The lowest BCUT2D eigenvalue weighted by Gasteiger charge is -2.09. The highest BCUT2D eigenvalue weighted by Gasteiger charge is 2.13. The topological polar surface area (TPSA) is 27.1 Å². The molecule has 1 aromatic carbocycles. The van der Waals surface area contributed by atoms with E-state index in [1.165, 1.54) is 0 Å². The van der Waals surface area contributed by atoms with Crippen molar-refractivity contribution in [2.75, 3.05) is 0 Å². The van der Waals surface area contributed by atoms with Crippen molar-refractivity contribution < 1.29 is 4.74 Å². The van der Waals surface area contributed by atoms with Crippen LogP contribution in [0.3, 0.4) is 0 Å². The number of rotatable bonds is 3. The first-order chi connectivity index (χ1) is 8.52. The molecule has 1 aromatic heterocycles. The van der Waals surface area contributed by atoms with E-state index < -0.39 is 0 Å². The molecule has 0 radical (unpaired) electrons. The van der Waals surface area contributed by atoms with Crippen molar-refractivity contribution in [2.45, 2.75) is 19.7 Å². The van der Waals surface area contributed by atoms with E-state index in [-0.39, 0.29) is 0 Å². The molecule has 0 aliphatic heterocycles. The van der Waals surface area contributed by atoms with E-state index >= 15 is 0 Å². The van der Waals surface area contributed by atoms with E-state index in [1.54, 1.807) is 0 Å². The summed E-state index contributed by atoms with van der Waals surface area (Å²) in [4.78, 5) is 0. The molecule has 0 aliphatic rings. The monoisotopic (exact) mass is 328 g/mol. The zero-order chi connectivity index (χ0) is 13.3. The number of hydrogen-bond acceptors (Lipinski definition) is 2. The van der Waals surface area contributed by atoms with Crippen LogP contribution in [0.15, 0.2) is 22.7 Å². The van der Waals surface area contributed by atoms with E-state index in [0.29, 0.717) is 5.88 Å². The van der Waals surface area contributed by atoms with Crippen LogP contribution in [-0.4, -0.2) is 9.78 Å². The fourth-order valence-corrected chi connectivity index (χ4v) is 2.40. The molecule has 3 nitrogen and oxygen atoms in total. The van der Waals surface area contributed by atoms with Gasteiger partial charge in [-0.05, 0) is 47.5 Å². The summed E-state index contributed by atoms with van der Waals surface area (Å²) in [5, 5.41) is 4.33. The van der Waals surface area contributed by atoms with Gasteiger partial charge in [0.05, 0.1) is 10.2 Å². The summed E-state index contributed by atoms with van der Waals surface area (Å²) in [6.07, 6.45) is 0. The maximum atomic E-state index is 5.92. The number of hydrogen-bond donors (Lipinski definition) is 0. The van der Waals surface area contributed by atoms with Crippen LogP contribution < -0.4 is 4.74 Å². The molecule has 2 rings (SSSR count). The lowest BCUT2D eigenvalue weighted by Crippen LogP contribution is -1.93. The van der Waals surface area contributed by atoms with E-state index in [0.717, 1.165) is 32.9 Å². The molecule has 0 saturated heterocycles. The second-order valence-electron chi connectivity index (χ2n) is 4.12. The van der Waals surface area contributed by atoms with Gasteiger partial charge in [-0.25, -0.2) is 0 Å². The van der Waals surface area contributed by atoms with Gasteiger partial charge in [0.15, 0.2) is 5.75 Å². The molecular weight excluding hydrogens is 316 g/mol. The number of nitrogens with zero attached hydrogens (tertiary/aromatic N) is 2. The minimum Gasteiger partial charge on any atom is -0.452 e. The van der Waals surface area contributed by atoms with Gasteiger partial charge in [0.25, 0.3) is 0 Å². The van der Waals surface area contributed by atoms with E-state index in [9.17, 15) is 0 Å². The summed E-state index contributed by atoms with van der Waals surface area (Å²) >= 11 is 9.28. The highest BCUT2D eigenvalue weighted by molar-refractivity contribution is 9.10. The van der Waals surface area contributed by atoms with Crippen molar-refractivity contribution in [3.8, 4) is 11.5 Å². The second-order valence-corrected chi connectivity index (χ2v) is 5.25. The highest BCUT2D eigenvalue weighted by atomic mass is 79.9. The molecule has 0 amide bonds. The van der Waals surface area contributed by atoms with Gasteiger partial charge >= 0.3 is 0 Å². The largest absolute Gasteiger partial charge is 0.452 e. The fraction of sp³-hybridized carbons (Fsp3) is 0.308. The molecule has 0 fully saturated rings. The van der Waals surface area contributed by atoms with E-state index in [4.69, 9.17) is 16.3 Å². The minimum atomic E-state index is 0.490. The Hall–Kier alpha value is -1.000. The zero-order valence-corrected chi connectivity index (χ0v) is 12.8. The number of aromatic nitrogens is 2. The van der Waals surface area contributed by atoms with Crippen molar-refractivity contribution >= 4 is 27.5 Å². The summed E-state index contributed by atoms with van der Waals surface area (Å²) in [5.41, 5.74) is 2.93. The fourth-order valence-electron chi connectivity index (χ4n) is 1.72. The average Bonchev–Trinajstić information content (AvgIpc) is 2.58. The highest BCUT2D eigenvalue weighted by Crippen LogP contribution is 2.33. The van der Waals surface area contributed by atoms with Crippen LogP contribution in [0.1, 0.15) is 17.0 Å². The van der Waals surface area contributed by atoms with Crippen molar-refractivity contribution in [3.05, 3.63) is 39.6 Å². The molecule has 1 heterocycles. The Kier molecular flexibility index (Phi) is 3.97. The first-order valence-electron chi connectivity index (χ1n) is 5.55. The van der Waals surface area contributed by atoms with Gasteiger partial charge in [-0.2, -0.15) is 5.10 Å². The summed E-state index contributed by atoms with van der Waals surface area (Å²) in [7, 11) is 1.90. The van der Waals surface area contributed by atoms with Crippen LogP contribution in [0.25, 0.3) is 0 Å². The van der Waals surface area contributed by atoms with Crippen LogP contribution >= 0.6 is 27.5 Å². The van der Waals surface area contributed by atoms with Gasteiger partial charge in [0.2, 0.25) is 0 Å². The van der Waals surface area contributed by atoms with Crippen LogP contribution in [-0.2, 0) is 12.9 Å². The molecular formula is C13H14BrClN2O. The molecule has 18 heavy (non-hydrogen) atoms. The normalized spacial score (nSPS) is 10.7. The minimum absolute atomic E-state index is 0.490. The predicted molar refractivity (Wildman–Crippen MR) is 76.5 cm³/mol. The number of ether oxygens (including phenoxy) is 1. The van der Waals surface area contributed by atoms with Crippen LogP contribution in [0.4, 0.5) is 0 Å². The molecule has 0 unspecified atom stereocenters. The number of halogens is 2.